The Labute approximate surface area is 125 Å². The molecule has 106 valence electrons. The third-order valence-corrected chi connectivity index (χ3v) is 3.76. The molecule has 0 unspecified atom stereocenters. The van der Waals surface area contributed by atoms with Crippen LogP contribution in [-0.2, 0) is 0 Å². The number of rotatable bonds is 3. The number of benzene rings is 1. The van der Waals surface area contributed by atoms with Crippen molar-refractivity contribution in [2.45, 2.75) is 13.8 Å². The zero-order valence-corrected chi connectivity index (χ0v) is 12.4. The van der Waals surface area contributed by atoms with Crippen LogP contribution in [0.2, 0.25) is 0 Å². The monoisotopic (exact) mass is 299 g/mol. The van der Waals surface area contributed by atoms with Crippen molar-refractivity contribution in [3.05, 3.63) is 53.7 Å². The Morgan fingerprint density at radius 3 is 2.67 bits per heavy atom. The fourth-order valence-electron chi connectivity index (χ4n) is 1.91. The van der Waals surface area contributed by atoms with Gasteiger partial charge in [0, 0.05) is 5.56 Å². The van der Waals surface area contributed by atoms with E-state index in [2.05, 4.69) is 14.7 Å². The first-order valence-corrected chi connectivity index (χ1v) is 7.16. The lowest BCUT2D eigenvalue weighted by Gasteiger charge is -2.02. The van der Waals surface area contributed by atoms with Gasteiger partial charge in [0.1, 0.15) is 5.00 Å². The van der Waals surface area contributed by atoms with Gasteiger partial charge >= 0.3 is 0 Å². The van der Waals surface area contributed by atoms with Crippen LogP contribution < -0.4 is 5.32 Å². The van der Waals surface area contributed by atoms with Crippen LogP contribution in [-0.4, -0.2) is 15.3 Å². The highest BCUT2D eigenvalue weighted by atomic mass is 32.1. The van der Waals surface area contributed by atoms with Gasteiger partial charge in [0.15, 0.2) is 17.8 Å². The number of nitrogens with zero attached hydrogens (tertiary/aromatic N) is 2. The third kappa shape index (κ3) is 2.85. The topological polar surface area (TPSA) is 68.0 Å². The van der Waals surface area contributed by atoms with Crippen LogP contribution in [0.4, 0.5) is 5.00 Å². The maximum atomic E-state index is 12.3. The Balaban J connectivity index is 1.88. The summed E-state index contributed by atoms with van der Waals surface area (Å²) in [4.78, 5) is 16.3. The first-order valence-electron chi connectivity index (χ1n) is 6.38. The van der Waals surface area contributed by atoms with Crippen LogP contribution >= 0.6 is 11.5 Å². The molecule has 0 aliphatic heterocycles. The molecule has 0 saturated carbocycles. The summed E-state index contributed by atoms with van der Waals surface area (Å²) < 4.78 is 9.49. The summed E-state index contributed by atoms with van der Waals surface area (Å²) in [5.74, 6) is 0.164. The van der Waals surface area contributed by atoms with Crippen molar-refractivity contribution in [1.29, 1.82) is 0 Å². The van der Waals surface area contributed by atoms with Crippen molar-refractivity contribution in [3.8, 4) is 11.3 Å². The van der Waals surface area contributed by atoms with Gasteiger partial charge in [-0.25, -0.2) is 4.98 Å². The number of nitrogens with one attached hydrogen (secondary N) is 1. The average Bonchev–Trinajstić information content (AvgIpc) is 3.09. The molecule has 3 rings (SSSR count). The summed E-state index contributed by atoms with van der Waals surface area (Å²) in [6.45, 7) is 3.88. The van der Waals surface area contributed by atoms with Crippen molar-refractivity contribution in [3.63, 3.8) is 0 Å². The Bertz CT molecular complexity index is 774. The molecule has 1 aromatic carbocycles. The summed E-state index contributed by atoms with van der Waals surface area (Å²) in [6.07, 6.45) is 1.28. The summed E-state index contributed by atoms with van der Waals surface area (Å²) in [5.41, 5.74) is 3.10. The minimum absolute atomic E-state index is 0.268. The van der Waals surface area contributed by atoms with Crippen LogP contribution in [0.15, 0.2) is 41.1 Å². The molecule has 2 aromatic heterocycles. The summed E-state index contributed by atoms with van der Waals surface area (Å²) in [5, 5.41) is 3.47. The zero-order chi connectivity index (χ0) is 14.8. The van der Waals surface area contributed by atoms with Gasteiger partial charge in [-0.15, -0.1) is 0 Å². The smallest absolute Gasteiger partial charge is 0.278 e. The van der Waals surface area contributed by atoms with Gasteiger partial charge in [0.25, 0.3) is 5.91 Å². The lowest BCUT2D eigenvalue weighted by molar-refractivity contribution is 0.102. The maximum Gasteiger partial charge on any atom is 0.278 e. The van der Waals surface area contributed by atoms with E-state index in [0.717, 1.165) is 16.8 Å². The van der Waals surface area contributed by atoms with Crippen molar-refractivity contribution in [2.75, 3.05) is 5.32 Å². The number of amides is 1. The third-order valence-electron chi connectivity index (χ3n) is 2.96. The molecule has 0 bridgehead atoms. The quantitative estimate of drug-likeness (QED) is 0.801. The van der Waals surface area contributed by atoms with E-state index in [1.807, 2.05) is 44.2 Å². The number of hydrogen-bond donors (Lipinski definition) is 1. The van der Waals surface area contributed by atoms with E-state index < -0.39 is 0 Å². The molecule has 0 radical (unpaired) electrons. The Morgan fingerprint density at radius 2 is 2.00 bits per heavy atom. The lowest BCUT2D eigenvalue weighted by Crippen LogP contribution is -2.12. The molecule has 5 nitrogen and oxygen atoms in total. The van der Waals surface area contributed by atoms with Crippen molar-refractivity contribution >= 4 is 22.4 Å². The van der Waals surface area contributed by atoms with E-state index in [9.17, 15) is 4.79 Å². The van der Waals surface area contributed by atoms with Gasteiger partial charge in [-0.3, -0.25) is 4.79 Å². The molecule has 2 heterocycles. The van der Waals surface area contributed by atoms with Crippen LogP contribution in [0.3, 0.4) is 0 Å². The molecular formula is C15H13N3O2S. The number of aromatic nitrogens is 2. The van der Waals surface area contributed by atoms with Gasteiger partial charge in [-0.2, -0.15) is 4.37 Å². The highest BCUT2D eigenvalue weighted by Gasteiger charge is 2.19. The molecule has 0 spiro atoms. The molecule has 21 heavy (non-hydrogen) atoms. The van der Waals surface area contributed by atoms with Gasteiger partial charge in [0.2, 0.25) is 0 Å². The van der Waals surface area contributed by atoms with E-state index in [1.165, 1.54) is 17.9 Å². The van der Waals surface area contributed by atoms with Crippen molar-refractivity contribution in [1.82, 2.24) is 9.36 Å². The predicted octanol–water partition coefficient (Wildman–Crippen LogP) is 3.67. The maximum absolute atomic E-state index is 12.3. The molecule has 0 fully saturated rings. The fourth-order valence-corrected chi connectivity index (χ4v) is 2.57. The van der Waals surface area contributed by atoms with Crippen LogP contribution in [0.1, 0.15) is 21.7 Å². The molecule has 0 atom stereocenters. The average molecular weight is 299 g/mol. The van der Waals surface area contributed by atoms with Gasteiger partial charge in [-0.05, 0) is 31.4 Å². The highest BCUT2D eigenvalue weighted by molar-refractivity contribution is 7.10. The molecule has 1 N–H and O–H groups in total. The van der Waals surface area contributed by atoms with E-state index in [0.29, 0.717) is 10.8 Å². The number of oxazole rings is 1. The number of aryl methyl sites for hydroxylation is 2. The molecule has 0 aliphatic carbocycles. The second kappa shape index (κ2) is 5.49. The van der Waals surface area contributed by atoms with Crippen LogP contribution in [0.25, 0.3) is 11.3 Å². The summed E-state index contributed by atoms with van der Waals surface area (Å²) in [6, 6.07) is 9.55. The second-order valence-electron chi connectivity index (χ2n) is 4.68. The number of carbonyl (C=O) groups is 1. The largest absolute Gasteiger partial charge is 0.443 e. The minimum atomic E-state index is -0.303. The SMILES string of the molecule is Cc1ccc(-c2ocnc2C(=O)Nc2cc(C)ns2)cc1. The van der Waals surface area contributed by atoms with Crippen molar-refractivity contribution < 1.29 is 9.21 Å². The van der Waals surface area contributed by atoms with Crippen LogP contribution in [0.5, 0.6) is 0 Å². The van der Waals surface area contributed by atoms with Crippen molar-refractivity contribution in [2.24, 2.45) is 0 Å². The molecule has 0 aliphatic rings. The van der Waals surface area contributed by atoms with Gasteiger partial charge in [-0.1, -0.05) is 29.8 Å². The first kappa shape index (κ1) is 13.5. The number of hydrogen-bond acceptors (Lipinski definition) is 5. The fraction of sp³-hybridized carbons (Fsp3) is 0.133. The minimum Gasteiger partial charge on any atom is -0.443 e. The Kier molecular flexibility index (Phi) is 3.53. The van der Waals surface area contributed by atoms with Crippen LogP contribution in [0, 0.1) is 13.8 Å². The summed E-state index contributed by atoms with van der Waals surface area (Å²) >= 11 is 1.24. The molecule has 6 heteroatoms. The number of anilines is 1. The highest BCUT2D eigenvalue weighted by Crippen LogP contribution is 2.25. The lowest BCUT2D eigenvalue weighted by atomic mass is 10.1. The Hall–Kier alpha value is -2.47. The van der Waals surface area contributed by atoms with Gasteiger partial charge in [0.05, 0.1) is 5.69 Å². The van der Waals surface area contributed by atoms with E-state index in [4.69, 9.17) is 4.42 Å². The molecular weight excluding hydrogens is 286 g/mol. The summed E-state index contributed by atoms with van der Waals surface area (Å²) in [7, 11) is 0. The van der Waals surface area contributed by atoms with Gasteiger partial charge < -0.3 is 9.73 Å². The standard InChI is InChI=1S/C15H13N3O2S/c1-9-3-5-11(6-4-9)14-13(16-8-20-14)15(19)17-12-7-10(2)18-21-12/h3-8H,1-2H3,(H,17,19). The number of carbonyl (C=O) groups excluding carboxylic acids is 1. The normalized spacial score (nSPS) is 10.6. The molecule has 3 aromatic rings. The Morgan fingerprint density at radius 1 is 1.24 bits per heavy atom. The molecule has 0 saturated heterocycles. The van der Waals surface area contributed by atoms with E-state index in [-0.39, 0.29) is 11.6 Å². The first-order chi connectivity index (χ1) is 10.1. The van der Waals surface area contributed by atoms with E-state index in [1.54, 1.807) is 0 Å². The zero-order valence-electron chi connectivity index (χ0n) is 11.6. The predicted molar refractivity (Wildman–Crippen MR) is 81.5 cm³/mol. The molecule has 1 amide bonds. The second-order valence-corrected chi connectivity index (χ2v) is 5.49. The van der Waals surface area contributed by atoms with E-state index >= 15 is 0 Å².